The van der Waals surface area contributed by atoms with Crippen molar-refractivity contribution in [2.45, 2.75) is 38.6 Å². The number of aryl methyl sites for hydroxylation is 1. The van der Waals surface area contributed by atoms with E-state index >= 15 is 0 Å². The molecule has 0 bridgehead atoms. The number of ether oxygens (including phenoxy) is 1. The molecular formula is C21H30IN3OS. The van der Waals surface area contributed by atoms with Crippen molar-refractivity contribution in [3.05, 3.63) is 57.8 Å². The van der Waals surface area contributed by atoms with Crippen molar-refractivity contribution in [1.82, 2.24) is 10.6 Å². The lowest BCUT2D eigenvalue weighted by Crippen LogP contribution is -2.48. The largest absolute Gasteiger partial charge is 0.381 e. The van der Waals surface area contributed by atoms with Crippen LogP contribution in [-0.4, -0.2) is 32.3 Å². The van der Waals surface area contributed by atoms with Crippen LogP contribution in [0.5, 0.6) is 0 Å². The first-order valence-corrected chi connectivity index (χ1v) is 10.3. The second kappa shape index (κ2) is 11.0. The Morgan fingerprint density at radius 3 is 2.59 bits per heavy atom. The van der Waals surface area contributed by atoms with Crippen LogP contribution in [0, 0.1) is 6.92 Å². The van der Waals surface area contributed by atoms with Gasteiger partial charge in [0.15, 0.2) is 5.96 Å². The molecule has 0 amide bonds. The number of thiophene rings is 1. The highest BCUT2D eigenvalue weighted by Crippen LogP contribution is 2.36. The summed E-state index contributed by atoms with van der Waals surface area (Å²) in [6, 6.07) is 13.0. The van der Waals surface area contributed by atoms with E-state index in [-0.39, 0.29) is 29.4 Å². The number of nitrogens with one attached hydrogen (secondary N) is 2. The van der Waals surface area contributed by atoms with E-state index in [9.17, 15) is 0 Å². The van der Waals surface area contributed by atoms with Crippen LogP contribution >= 0.6 is 35.3 Å². The maximum absolute atomic E-state index is 5.66. The minimum Gasteiger partial charge on any atom is -0.381 e. The second-order valence-corrected chi connectivity index (χ2v) is 7.87. The predicted octanol–water partition coefficient (Wildman–Crippen LogP) is 4.48. The summed E-state index contributed by atoms with van der Waals surface area (Å²) in [5, 5.41) is 9.09. The first-order chi connectivity index (χ1) is 12.7. The Balaban J connectivity index is 0.00000261. The molecule has 2 heterocycles. The molecule has 0 atom stereocenters. The summed E-state index contributed by atoms with van der Waals surface area (Å²) in [4.78, 5) is 6.04. The molecule has 0 saturated carbocycles. The Bertz CT molecular complexity index is 712. The molecule has 6 heteroatoms. The zero-order valence-corrected chi connectivity index (χ0v) is 19.3. The average Bonchev–Trinajstić information content (AvgIpc) is 3.19. The summed E-state index contributed by atoms with van der Waals surface area (Å²) in [5.74, 6) is 0.889. The van der Waals surface area contributed by atoms with Crippen molar-refractivity contribution >= 4 is 41.3 Å². The number of aliphatic imine (C=N–C) groups is 1. The minimum absolute atomic E-state index is 0. The van der Waals surface area contributed by atoms with Crippen molar-refractivity contribution in [2.24, 2.45) is 4.99 Å². The number of halogens is 1. The lowest BCUT2D eigenvalue weighted by atomic mass is 9.72. The number of guanidine groups is 1. The number of hydrogen-bond acceptors (Lipinski definition) is 3. The fourth-order valence-electron chi connectivity index (χ4n) is 3.63. The lowest BCUT2D eigenvalue weighted by molar-refractivity contribution is 0.0512. The van der Waals surface area contributed by atoms with Crippen LogP contribution in [0.25, 0.3) is 0 Å². The van der Waals surface area contributed by atoms with E-state index in [0.717, 1.165) is 45.1 Å². The molecule has 0 aliphatic carbocycles. The van der Waals surface area contributed by atoms with Crippen molar-refractivity contribution in [3.63, 3.8) is 0 Å². The zero-order valence-electron chi connectivity index (χ0n) is 16.2. The molecule has 1 aromatic heterocycles. The molecule has 1 fully saturated rings. The SMILES string of the molecule is CCNC(=NCc1cccs1)NCC1(c2ccccc2C)CCOCC1.I. The Kier molecular flexibility index (Phi) is 9.05. The molecule has 2 aromatic rings. The number of benzene rings is 1. The highest BCUT2D eigenvalue weighted by molar-refractivity contribution is 14.0. The molecular weight excluding hydrogens is 469 g/mol. The number of hydrogen-bond donors (Lipinski definition) is 2. The fraction of sp³-hybridized carbons (Fsp3) is 0.476. The van der Waals surface area contributed by atoms with Crippen LogP contribution < -0.4 is 10.6 Å². The first-order valence-electron chi connectivity index (χ1n) is 9.42. The predicted molar refractivity (Wildman–Crippen MR) is 125 cm³/mol. The third-order valence-electron chi connectivity index (χ3n) is 5.08. The Morgan fingerprint density at radius 1 is 1.15 bits per heavy atom. The maximum atomic E-state index is 5.66. The van der Waals surface area contributed by atoms with Crippen LogP contribution in [0.15, 0.2) is 46.8 Å². The second-order valence-electron chi connectivity index (χ2n) is 6.84. The summed E-state index contributed by atoms with van der Waals surface area (Å²) in [5.41, 5.74) is 2.89. The van der Waals surface area contributed by atoms with Gasteiger partial charge in [0.05, 0.1) is 6.54 Å². The molecule has 1 aliphatic heterocycles. The normalized spacial score (nSPS) is 16.4. The topological polar surface area (TPSA) is 45.7 Å². The van der Waals surface area contributed by atoms with Gasteiger partial charge in [-0.15, -0.1) is 35.3 Å². The van der Waals surface area contributed by atoms with Crippen molar-refractivity contribution in [3.8, 4) is 0 Å². The van der Waals surface area contributed by atoms with E-state index in [4.69, 9.17) is 9.73 Å². The smallest absolute Gasteiger partial charge is 0.191 e. The molecule has 1 saturated heterocycles. The summed E-state index contributed by atoms with van der Waals surface area (Å²) < 4.78 is 5.66. The standard InChI is InChI=1S/C21H29N3OS.HI/c1-3-22-20(23-15-18-8-6-14-26-18)24-16-21(10-12-25-13-11-21)19-9-5-4-7-17(19)2;/h4-9,14H,3,10-13,15-16H2,1-2H3,(H2,22,23,24);1H. The van der Waals surface area contributed by atoms with Gasteiger partial charge in [0.25, 0.3) is 0 Å². The Hall–Kier alpha value is -1.12. The van der Waals surface area contributed by atoms with Gasteiger partial charge >= 0.3 is 0 Å². The van der Waals surface area contributed by atoms with Gasteiger partial charge in [-0.2, -0.15) is 0 Å². The van der Waals surface area contributed by atoms with Gasteiger partial charge in [0.1, 0.15) is 0 Å². The summed E-state index contributed by atoms with van der Waals surface area (Å²) in [6.07, 6.45) is 2.07. The van der Waals surface area contributed by atoms with Crippen LogP contribution in [0.2, 0.25) is 0 Å². The molecule has 148 valence electrons. The summed E-state index contributed by atoms with van der Waals surface area (Å²) in [6.45, 7) is 8.40. The van der Waals surface area contributed by atoms with E-state index in [1.165, 1.54) is 16.0 Å². The highest BCUT2D eigenvalue weighted by atomic mass is 127. The number of nitrogens with zero attached hydrogens (tertiary/aromatic N) is 1. The maximum Gasteiger partial charge on any atom is 0.191 e. The van der Waals surface area contributed by atoms with E-state index in [1.54, 1.807) is 11.3 Å². The molecule has 2 N–H and O–H groups in total. The van der Waals surface area contributed by atoms with Gasteiger partial charge in [-0.05, 0) is 49.3 Å². The molecule has 1 aromatic carbocycles. The zero-order chi connectivity index (χ0) is 18.2. The van der Waals surface area contributed by atoms with E-state index in [2.05, 4.69) is 66.3 Å². The third kappa shape index (κ3) is 5.93. The van der Waals surface area contributed by atoms with Crippen LogP contribution in [0.4, 0.5) is 0 Å². The Morgan fingerprint density at radius 2 is 1.93 bits per heavy atom. The van der Waals surface area contributed by atoms with E-state index in [1.807, 2.05) is 0 Å². The van der Waals surface area contributed by atoms with Gasteiger partial charge in [0, 0.05) is 36.6 Å². The lowest BCUT2D eigenvalue weighted by Gasteiger charge is -2.39. The molecule has 0 spiro atoms. The molecule has 4 nitrogen and oxygen atoms in total. The average molecular weight is 499 g/mol. The van der Waals surface area contributed by atoms with Crippen LogP contribution in [0.3, 0.4) is 0 Å². The molecule has 0 radical (unpaired) electrons. The fourth-order valence-corrected chi connectivity index (χ4v) is 4.25. The van der Waals surface area contributed by atoms with Crippen LogP contribution in [-0.2, 0) is 16.7 Å². The van der Waals surface area contributed by atoms with Gasteiger partial charge in [0.2, 0.25) is 0 Å². The van der Waals surface area contributed by atoms with E-state index in [0.29, 0.717) is 6.54 Å². The summed E-state index contributed by atoms with van der Waals surface area (Å²) in [7, 11) is 0. The monoisotopic (exact) mass is 499 g/mol. The summed E-state index contributed by atoms with van der Waals surface area (Å²) >= 11 is 1.75. The molecule has 3 rings (SSSR count). The number of rotatable bonds is 6. The van der Waals surface area contributed by atoms with Gasteiger partial charge in [-0.25, -0.2) is 4.99 Å². The highest BCUT2D eigenvalue weighted by Gasteiger charge is 2.35. The van der Waals surface area contributed by atoms with Gasteiger partial charge < -0.3 is 15.4 Å². The third-order valence-corrected chi connectivity index (χ3v) is 5.94. The van der Waals surface area contributed by atoms with Gasteiger partial charge in [-0.3, -0.25) is 0 Å². The van der Waals surface area contributed by atoms with Crippen molar-refractivity contribution in [2.75, 3.05) is 26.3 Å². The van der Waals surface area contributed by atoms with Crippen LogP contribution in [0.1, 0.15) is 35.8 Å². The van der Waals surface area contributed by atoms with Gasteiger partial charge in [-0.1, -0.05) is 30.3 Å². The molecule has 1 aliphatic rings. The van der Waals surface area contributed by atoms with Crippen molar-refractivity contribution < 1.29 is 4.74 Å². The molecule has 27 heavy (non-hydrogen) atoms. The van der Waals surface area contributed by atoms with E-state index < -0.39 is 0 Å². The van der Waals surface area contributed by atoms with Crippen molar-refractivity contribution in [1.29, 1.82) is 0 Å². The first kappa shape index (κ1) is 22.2. The minimum atomic E-state index is 0. The quantitative estimate of drug-likeness (QED) is 0.350. The Labute approximate surface area is 183 Å². The molecule has 0 unspecified atom stereocenters.